The second-order valence-corrected chi connectivity index (χ2v) is 8.06. The molecule has 0 spiro atoms. The van der Waals surface area contributed by atoms with Crippen molar-refractivity contribution in [1.29, 1.82) is 0 Å². The summed E-state index contributed by atoms with van der Waals surface area (Å²) < 4.78 is 1.56. The summed E-state index contributed by atoms with van der Waals surface area (Å²) in [5.74, 6) is 0.719. The molecule has 0 atom stereocenters. The van der Waals surface area contributed by atoms with Crippen LogP contribution in [0.1, 0.15) is 12.8 Å². The lowest BCUT2D eigenvalue weighted by atomic mass is 9.95. The van der Waals surface area contributed by atoms with Crippen LogP contribution in [0.2, 0.25) is 5.02 Å². The Morgan fingerprint density at radius 1 is 1.09 bits per heavy atom. The first-order valence-corrected chi connectivity index (χ1v) is 10.7. The number of hydrogen-bond donors (Lipinski definition) is 2. The Hall–Kier alpha value is -3.72. The average molecular weight is 450 g/mol. The standard InChI is InChI=1S/C22H20ClN7O2/c23-15-5-6-19(24-11-15)29-9-7-14(8-10-29)21(31)28-17-3-1-2-4-18(17)30-20-16(12-27-30)22(32)26-13-25-20/h1-6,11-14H,7-10H2,(H,28,31)(H,25,26,32). The van der Waals surface area contributed by atoms with Crippen LogP contribution in [0.15, 0.2) is 59.9 Å². The van der Waals surface area contributed by atoms with Crippen LogP contribution in [0.5, 0.6) is 0 Å². The lowest BCUT2D eigenvalue weighted by Crippen LogP contribution is -2.38. The maximum absolute atomic E-state index is 13.0. The smallest absolute Gasteiger partial charge is 0.261 e. The molecule has 4 heterocycles. The molecule has 0 saturated carbocycles. The molecule has 1 saturated heterocycles. The predicted molar refractivity (Wildman–Crippen MR) is 122 cm³/mol. The first-order chi connectivity index (χ1) is 15.6. The Balaban J connectivity index is 1.32. The van der Waals surface area contributed by atoms with Crippen LogP contribution in [0.4, 0.5) is 11.5 Å². The van der Waals surface area contributed by atoms with E-state index in [4.69, 9.17) is 11.6 Å². The van der Waals surface area contributed by atoms with Gasteiger partial charge in [-0.3, -0.25) is 9.59 Å². The summed E-state index contributed by atoms with van der Waals surface area (Å²) in [6.07, 6.45) is 5.89. The molecule has 0 bridgehead atoms. The third-order valence-electron chi connectivity index (χ3n) is 5.66. The monoisotopic (exact) mass is 449 g/mol. The summed E-state index contributed by atoms with van der Waals surface area (Å²) in [7, 11) is 0. The Labute approximate surface area is 188 Å². The SMILES string of the molecule is O=C(Nc1ccccc1-n1ncc2c(=O)[nH]cnc21)C1CCN(c2ccc(Cl)cn2)CC1. The molecule has 1 aliphatic heterocycles. The fraction of sp³-hybridized carbons (Fsp3) is 0.227. The second-order valence-electron chi connectivity index (χ2n) is 7.63. The van der Waals surface area contributed by atoms with Crippen molar-refractivity contribution in [3.63, 3.8) is 0 Å². The molecule has 5 rings (SSSR count). The number of amides is 1. The largest absolute Gasteiger partial charge is 0.357 e. The summed E-state index contributed by atoms with van der Waals surface area (Å²) in [5.41, 5.74) is 1.44. The average Bonchev–Trinajstić information content (AvgIpc) is 3.25. The molecule has 1 amide bonds. The molecule has 9 nitrogen and oxygen atoms in total. The lowest BCUT2D eigenvalue weighted by molar-refractivity contribution is -0.120. The van der Waals surface area contributed by atoms with E-state index in [0.717, 1.165) is 31.7 Å². The number of hydrogen-bond acceptors (Lipinski definition) is 6. The molecule has 1 aromatic carbocycles. The minimum absolute atomic E-state index is 0.0385. The van der Waals surface area contributed by atoms with Gasteiger partial charge in [-0.1, -0.05) is 23.7 Å². The summed E-state index contributed by atoms with van der Waals surface area (Å²) in [6, 6.07) is 11.1. The van der Waals surface area contributed by atoms with Crippen LogP contribution < -0.4 is 15.8 Å². The van der Waals surface area contributed by atoms with Gasteiger partial charge in [-0.25, -0.2) is 14.6 Å². The normalized spacial score (nSPS) is 14.6. The van der Waals surface area contributed by atoms with E-state index >= 15 is 0 Å². The third kappa shape index (κ3) is 3.82. The Kier molecular flexibility index (Phi) is 5.32. The zero-order valence-corrected chi connectivity index (χ0v) is 17.8. The molecule has 1 fully saturated rings. The number of aromatic nitrogens is 5. The maximum Gasteiger partial charge on any atom is 0.261 e. The number of nitrogens with zero attached hydrogens (tertiary/aromatic N) is 5. The van der Waals surface area contributed by atoms with Gasteiger partial charge in [0.25, 0.3) is 5.56 Å². The van der Waals surface area contributed by atoms with E-state index in [-0.39, 0.29) is 17.4 Å². The van der Waals surface area contributed by atoms with Gasteiger partial charge in [0.05, 0.1) is 28.9 Å². The van der Waals surface area contributed by atoms with Gasteiger partial charge in [0.2, 0.25) is 5.91 Å². The lowest BCUT2D eigenvalue weighted by Gasteiger charge is -2.32. The summed E-state index contributed by atoms with van der Waals surface area (Å²) in [4.78, 5) is 38.3. The van der Waals surface area contributed by atoms with Crippen LogP contribution in [0.25, 0.3) is 16.7 Å². The van der Waals surface area contributed by atoms with Crippen LogP contribution in [-0.2, 0) is 4.79 Å². The van der Waals surface area contributed by atoms with Gasteiger partial charge in [0.15, 0.2) is 5.65 Å². The number of rotatable bonds is 4. The van der Waals surface area contributed by atoms with E-state index in [1.165, 1.54) is 12.5 Å². The number of piperidine rings is 1. The Morgan fingerprint density at radius 3 is 2.69 bits per heavy atom. The summed E-state index contributed by atoms with van der Waals surface area (Å²) in [6.45, 7) is 1.48. The number of fused-ring (bicyclic) bond motifs is 1. The van der Waals surface area contributed by atoms with Crippen LogP contribution >= 0.6 is 11.6 Å². The van der Waals surface area contributed by atoms with Gasteiger partial charge < -0.3 is 15.2 Å². The molecule has 10 heteroatoms. The number of aromatic amines is 1. The molecule has 2 N–H and O–H groups in total. The van der Waals surface area contributed by atoms with Gasteiger partial charge in [-0.2, -0.15) is 5.10 Å². The fourth-order valence-corrected chi connectivity index (χ4v) is 4.07. The first-order valence-electron chi connectivity index (χ1n) is 10.3. The summed E-state index contributed by atoms with van der Waals surface area (Å²) in [5, 5.41) is 8.35. The van der Waals surface area contributed by atoms with Crippen molar-refractivity contribution in [2.45, 2.75) is 12.8 Å². The number of carbonyl (C=O) groups excluding carboxylic acids is 1. The van der Waals surface area contributed by atoms with E-state index < -0.39 is 0 Å². The van der Waals surface area contributed by atoms with E-state index in [2.05, 4.69) is 30.3 Å². The quantitative estimate of drug-likeness (QED) is 0.495. The fourth-order valence-electron chi connectivity index (χ4n) is 3.96. The van der Waals surface area contributed by atoms with Crippen molar-refractivity contribution in [1.82, 2.24) is 24.7 Å². The molecule has 0 aliphatic carbocycles. The van der Waals surface area contributed by atoms with Gasteiger partial charge in [-0.05, 0) is 37.1 Å². The van der Waals surface area contributed by atoms with Crippen molar-refractivity contribution in [3.8, 4) is 5.69 Å². The Bertz CT molecular complexity index is 1320. The van der Waals surface area contributed by atoms with Gasteiger partial charge in [0, 0.05) is 25.2 Å². The van der Waals surface area contributed by atoms with E-state index in [0.29, 0.717) is 27.4 Å². The molecular weight excluding hydrogens is 430 g/mol. The topological polar surface area (TPSA) is 109 Å². The number of H-pyrrole nitrogens is 1. The molecule has 32 heavy (non-hydrogen) atoms. The molecule has 4 aromatic rings. The predicted octanol–water partition coefficient (Wildman–Crippen LogP) is 3.01. The van der Waals surface area contributed by atoms with Crippen LogP contribution in [0.3, 0.4) is 0 Å². The second kappa shape index (κ2) is 8.43. The highest BCUT2D eigenvalue weighted by atomic mass is 35.5. The highest BCUT2D eigenvalue weighted by molar-refractivity contribution is 6.30. The zero-order valence-electron chi connectivity index (χ0n) is 17.0. The number of anilines is 2. The number of carbonyl (C=O) groups is 1. The van der Waals surface area contributed by atoms with Crippen molar-refractivity contribution in [2.24, 2.45) is 5.92 Å². The van der Waals surface area contributed by atoms with Gasteiger partial charge >= 0.3 is 0 Å². The number of benzene rings is 1. The Morgan fingerprint density at radius 2 is 1.91 bits per heavy atom. The van der Waals surface area contributed by atoms with Crippen molar-refractivity contribution >= 4 is 40.0 Å². The van der Waals surface area contributed by atoms with Crippen molar-refractivity contribution in [2.75, 3.05) is 23.3 Å². The summed E-state index contributed by atoms with van der Waals surface area (Å²) >= 11 is 5.92. The molecule has 0 radical (unpaired) electrons. The molecule has 162 valence electrons. The third-order valence-corrected chi connectivity index (χ3v) is 5.89. The highest BCUT2D eigenvalue weighted by Crippen LogP contribution is 2.26. The van der Waals surface area contributed by atoms with Gasteiger partial charge in [-0.15, -0.1) is 0 Å². The molecule has 1 aliphatic rings. The van der Waals surface area contributed by atoms with Crippen molar-refractivity contribution in [3.05, 3.63) is 70.5 Å². The molecule has 3 aromatic heterocycles. The van der Waals surface area contributed by atoms with E-state index in [1.54, 1.807) is 10.9 Å². The van der Waals surface area contributed by atoms with Crippen molar-refractivity contribution < 1.29 is 4.79 Å². The van der Waals surface area contributed by atoms with E-state index in [1.807, 2.05) is 36.4 Å². The number of pyridine rings is 1. The first kappa shape index (κ1) is 20.2. The van der Waals surface area contributed by atoms with E-state index in [9.17, 15) is 9.59 Å². The highest BCUT2D eigenvalue weighted by Gasteiger charge is 2.26. The minimum Gasteiger partial charge on any atom is -0.357 e. The molecule has 0 unspecified atom stereocenters. The number of halogens is 1. The maximum atomic E-state index is 13.0. The minimum atomic E-state index is -0.260. The zero-order chi connectivity index (χ0) is 22.1. The number of nitrogens with one attached hydrogen (secondary N) is 2. The number of para-hydroxylation sites is 2. The molecular formula is C22H20ClN7O2. The van der Waals surface area contributed by atoms with Gasteiger partial charge in [0.1, 0.15) is 11.2 Å². The van der Waals surface area contributed by atoms with Crippen LogP contribution in [-0.4, -0.2) is 43.7 Å². The van der Waals surface area contributed by atoms with Crippen LogP contribution in [0, 0.1) is 5.92 Å².